The highest BCUT2D eigenvalue weighted by molar-refractivity contribution is 7.18. The number of amides is 2. The van der Waals surface area contributed by atoms with Gasteiger partial charge in [0, 0.05) is 37.1 Å². The van der Waals surface area contributed by atoms with Crippen LogP contribution in [0.2, 0.25) is 4.34 Å². The smallest absolute Gasteiger partial charge is 0.264 e. The molecule has 1 atom stereocenters. The Bertz CT molecular complexity index is 847. The zero-order chi connectivity index (χ0) is 18.3. The molecule has 1 fully saturated rings. The highest BCUT2D eigenvalue weighted by Crippen LogP contribution is 2.29. The van der Waals surface area contributed by atoms with Crippen molar-refractivity contribution in [2.45, 2.75) is 25.4 Å². The average Bonchev–Trinajstić information content (AvgIpc) is 3.33. The number of halogens is 1. The van der Waals surface area contributed by atoms with Gasteiger partial charge in [-0.1, -0.05) is 11.6 Å². The van der Waals surface area contributed by atoms with Crippen molar-refractivity contribution in [1.82, 2.24) is 15.1 Å². The first-order valence-electron chi connectivity index (χ1n) is 8.65. The minimum absolute atomic E-state index is 0.00644. The Labute approximate surface area is 165 Å². The molecule has 2 aromatic rings. The zero-order valence-electron chi connectivity index (χ0n) is 14.5. The van der Waals surface area contributed by atoms with E-state index in [1.807, 2.05) is 4.90 Å². The quantitative estimate of drug-likeness (QED) is 0.847. The van der Waals surface area contributed by atoms with E-state index in [1.165, 1.54) is 21.8 Å². The molecule has 0 aromatic carbocycles. The number of likely N-dealkylation sites (tertiary alicyclic amines) is 1. The SMILES string of the molecule is CN1CCc2cc(C(=O)N3CC[C@@H](NC(=O)c4ccc(Cl)s4)C3)sc2C1. The summed E-state index contributed by atoms with van der Waals surface area (Å²) in [5.74, 6) is -0.0289. The Balaban J connectivity index is 1.37. The van der Waals surface area contributed by atoms with Crippen LogP contribution >= 0.6 is 34.3 Å². The molecule has 2 aromatic heterocycles. The molecule has 4 rings (SSSR count). The van der Waals surface area contributed by atoms with Gasteiger partial charge in [0.1, 0.15) is 0 Å². The number of carbonyl (C=O) groups excluding carboxylic acids is 2. The highest BCUT2D eigenvalue weighted by Gasteiger charge is 2.30. The van der Waals surface area contributed by atoms with Crippen LogP contribution in [0.4, 0.5) is 0 Å². The fraction of sp³-hybridized carbons (Fsp3) is 0.444. The first-order chi connectivity index (χ1) is 12.5. The van der Waals surface area contributed by atoms with Crippen LogP contribution in [0, 0.1) is 0 Å². The van der Waals surface area contributed by atoms with Gasteiger partial charge in [0.2, 0.25) is 0 Å². The lowest BCUT2D eigenvalue weighted by atomic mass is 10.1. The summed E-state index contributed by atoms with van der Waals surface area (Å²) in [6.45, 7) is 3.21. The molecule has 1 saturated heterocycles. The highest BCUT2D eigenvalue weighted by atomic mass is 35.5. The molecule has 2 aliphatic rings. The van der Waals surface area contributed by atoms with Crippen LogP contribution in [0.25, 0.3) is 0 Å². The van der Waals surface area contributed by atoms with E-state index in [4.69, 9.17) is 11.6 Å². The van der Waals surface area contributed by atoms with Crippen LogP contribution in [0.1, 0.15) is 36.2 Å². The molecule has 4 heterocycles. The molecule has 5 nitrogen and oxygen atoms in total. The first kappa shape index (κ1) is 18.0. The van der Waals surface area contributed by atoms with Gasteiger partial charge in [-0.3, -0.25) is 9.59 Å². The van der Waals surface area contributed by atoms with Crippen LogP contribution in [0.5, 0.6) is 0 Å². The lowest BCUT2D eigenvalue weighted by Crippen LogP contribution is -2.38. The largest absolute Gasteiger partial charge is 0.347 e. The Morgan fingerprint density at radius 2 is 2.08 bits per heavy atom. The van der Waals surface area contributed by atoms with Crippen molar-refractivity contribution in [3.63, 3.8) is 0 Å². The lowest BCUT2D eigenvalue weighted by molar-refractivity contribution is 0.0788. The number of nitrogens with one attached hydrogen (secondary N) is 1. The van der Waals surface area contributed by atoms with Crippen molar-refractivity contribution in [2.24, 2.45) is 0 Å². The topological polar surface area (TPSA) is 52.7 Å². The fourth-order valence-electron chi connectivity index (χ4n) is 3.46. The Morgan fingerprint density at radius 3 is 2.85 bits per heavy atom. The van der Waals surface area contributed by atoms with Crippen molar-refractivity contribution in [3.8, 4) is 0 Å². The summed E-state index contributed by atoms with van der Waals surface area (Å²) in [5.41, 5.74) is 1.31. The van der Waals surface area contributed by atoms with Gasteiger partial charge in [0.15, 0.2) is 0 Å². The maximum absolute atomic E-state index is 12.8. The van der Waals surface area contributed by atoms with E-state index < -0.39 is 0 Å². The molecule has 8 heteroatoms. The van der Waals surface area contributed by atoms with E-state index in [2.05, 4.69) is 23.3 Å². The first-order valence-corrected chi connectivity index (χ1v) is 10.7. The summed E-state index contributed by atoms with van der Waals surface area (Å²) < 4.78 is 0.602. The standard InChI is InChI=1S/C18H20ClN3O2S2/c1-21-6-4-11-8-14(25-15(11)10-21)18(24)22-7-5-12(9-22)20-17(23)13-2-3-16(19)26-13/h2-3,8,12H,4-7,9-10H2,1H3,(H,20,23)/t12-/m1/s1. The van der Waals surface area contributed by atoms with Gasteiger partial charge >= 0.3 is 0 Å². The predicted octanol–water partition coefficient (Wildman–Crippen LogP) is 3.10. The summed E-state index contributed by atoms with van der Waals surface area (Å²) in [7, 11) is 2.11. The van der Waals surface area contributed by atoms with Crippen LogP contribution in [-0.4, -0.2) is 54.3 Å². The number of carbonyl (C=O) groups is 2. The van der Waals surface area contributed by atoms with E-state index in [0.717, 1.165) is 30.8 Å². The normalized spacial score (nSPS) is 20.2. The number of likely N-dealkylation sites (N-methyl/N-ethyl adjacent to an activating group) is 1. The van der Waals surface area contributed by atoms with E-state index in [1.54, 1.807) is 23.5 Å². The second kappa shape index (κ2) is 7.31. The molecule has 0 bridgehead atoms. The van der Waals surface area contributed by atoms with Crippen molar-refractivity contribution in [2.75, 3.05) is 26.7 Å². The van der Waals surface area contributed by atoms with Crippen LogP contribution < -0.4 is 5.32 Å². The van der Waals surface area contributed by atoms with Gasteiger partial charge in [0.05, 0.1) is 14.1 Å². The van der Waals surface area contributed by atoms with Gasteiger partial charge in [0.25, 0.3) is 11.8 Å². The van der Waals surface area contributed by atoms with Crippen molar-refractivity contribution < 1.29 is 9.59 Å². The number of fused-ring (bicyclic) bond motifs is 1. The molecule has 26 heavy (non-hydrogen) atoms. The molecule has 2 aliphatic heterocycles. The van der Waals surface area contributed by atoms with Gasteiger partial charge in [-0.05, 0) is 43.7 Å². The molecule has 0 aliphatic carbocycles. The van der Waals surface area contributed by atoms with Crippen LogP contribution in [0.3, 0.4) is 0 Å². The Kier molecular flexibility index (Phi) is 5.05. The maximum Gasteiger partial charge on any atom is 0.264 e. The monoisotopic (exact) mass is 409 g/mol. The van der Waals surface area contributed by atoms with E-state index in [-0.39, 0.29) is 17.9 Å². The van der Waals surface area contributed by atoms with E-state index >= 15 is 0 Å². The molecule has 0 saturated carbocycles. The van der Waals surface area contributed by atoms with Gasteiger partial charge < -0.3 is 15.1 Å². The molecule has 0 unspecified atom stereocenters. The van der Waals surface area contributed by atoms with Crippen LogP contribution in [0.15, 0.2) is 18.2 Å². The molecular formula is C18H20ClN3O2S2. The molecule has 1 N–H and O–H groups in total. The molecule has 0 radical (unpaired) electrons. The van der Waals surface area contributed by atoms with Gasteiger partial charge in [-0.25, -0.2) is 0 Å². The van der Waals surface area contributed by atoms with E-state index in [9.17, 15) is 9.59 Å². The summed E-state index contributed by atoms with van der Waals surface area (Å²) in [5, 5.41) is 3.02. The molecule has 2 amide bonds. The number of thiophene rings is 2. The molecule has 0 spiro atoms. The predicted molar refractivity (Wildman–Crippen MR) is 105 cm³/mol. The zero-order valence-corrected chi connectivity index (χ0v) is 16.8. The Hall–Kier alpha value is -1.41. The molecule has 138 valence electrons. The third-order valence-corrected chi connectivity index (χ3v) is 7.27. The number of rotatable bonds is 3. The lowest BCUT2D eigenvalue weighted by Gasteiger charge is -2.21. The van der Waals surface area contributed by atoms with Crippen LogP contribution in [-0.2, 0) is 13.0 Å². The van der Waals surface area contributed by atoms with Gasteiger partial charge in [-0.2, -0.15) is 0 Å². The summed E-state index contributed by atoms with van der Waals surface area (Å²) in [6, 6.07) is 5.51. The number of nitrogens with zero attached hydrogens (tertiary/aromatic N) is 2. The molecular weight excluding hydrogens is 390 g/mol. The fourth-order valence-corrected chi connectivity index (χ4v) is 5.67. The number of hydrogen-bond acceptors (Lipinski definition) is 5. The third kappa shape index (κ3) is 3.67. The van der Waals surface area contributed by atoms with Gasteiger partial charge in [-0.15, -0.1) is 22.7 Å². The second-order valence-corrected chi connectivity index (χ2v) is 9.71. The second-order valence-electron chi connectivity index (χ2n) is 6.86. The minimum atomic E-state index is -0.115. The summed E-state index contributed by atoms with van der Waals surface area (Å²) >= 11 is 8.77. The summed E-state index contributed by atoms with van der Waals surface area (Å²) in [4.78, 5) is 32.0. The average molecular weight is 410 g/mol. The van der Waals surface area contributed by atoms with Crippen molar-refractivity contribution in [3.05, 3.63) is 42.7 Å². The van der Waals surface area contributed by atoms with Crippen molar-refractivity contribution in [1.29, 1.82) is 0 Å². The number of hydrogen-bond donors (Lipinski definition) is 1. The minimum Gasteiger partial charge on any atom is -0.347 e. The van der Waals surface area contributed by atoms with Crippen molar-refractivity contribution >= 4 is 46.1 Å². The maximum atomic E-state index is 12.8. The summed E-state index contributed by atoms with van der Waals surface area (Å²) in [6.07, 6.45) is 1.79. The van der Waals surface area contributed by atoms with E-state index in [0.29, 0.717) is 22.3 Å². The Morgan fingerprint density at radius 1 is 1.23 bits per heavy atom. The third-order valence-electron chi connectivity index (χ3n) is 4.89.